The molecular weight excluding hydrogens is 256 g/mol. The molecule has 0 bridgehead atoms. The summed E-state index contributed by atoms with van der Waals surface area (Å²) in [6, 6.07) is 0. The van der Waals surface area contributed by atoms with E-state index in [1.165, 1.54) is 0 Å². The molecule has 0 aliphatic heterocycles. The third-order valence-corrected chi connectivity index (χ3v) is 3.03. The number of unbranched alkanes of at least 4 members (excludes halogenated alkanes) is 1. The Hall–Kier alpha value is -1.78. The first-order chi connectivity index (χ1) is 9.38. The zero-order valence-corrected chi connectivity index (χ0v) is 12.9. The molecule has 20 heavy (non-hydrogen) atoms. The number of aryl methyl sites for hydroxylation is 1. The quantitative estimate of drug-likeness (QED) is 0.621. The highest BCUT2D eigenvalue weighted by Gasteiger charge is 2.23. The molecule has 1 aromatic heterocycles. The van der Waals surface area contributed by atoms with E-state index in [0.717, 1.165) is 12.8 Å². The molecule has 1 aromatic rings. The minimum absolute atomic E-state index is 0.178. The summed E-state index contributed by atoms with van der Waals surface area (Å²) in [5.41, 5.74) is 2.20. The topological polar surface area (TPSA) is 71.2 Å². The van der Waals surface area contributed by atoms with Crippen molar-refractivity contribution in [1.82, 2.24) is 10.3 Å². The Bertz CT molecular complexity index is 490. The van der Waals surface area contributed by atoms with E-state index in [-0.39, 0.29) is 18.0 Å². The minimum atomic E-state index is -0.390. The number of carbonyl (C=O) groups excluding carboxylic acids is 2. The van der Waals surface area contributed by atoms with Crippen LogP contribution in [0.2, 0.25) is 0 Å². The second-order valence-electron chi connectivity index (χ2n) is 5.19. The van der Waals surface area contributed by atoms with Crippen LogP contribution in [0.4, 0.5) is 0 Å². The van der Waals surface area contributed by atoms with Crippen LogP contribution in [0.15, 0.2) is 0 Å². The van der Waals surface area contributed by atoms with Crippen molar-refractivity contribution in [2.45, 2.75) is 53.6 Å². The lowest BCUT2D eigenvalue weighted by molar-refractivity contribution is 0.0376. The van der Waals surface area contributed by atoms with Gasteiger partial charge in [-0.05, 0) is 39.7 Å². The van der Waals surface area contributed by atoms with Crippen LogP contribution in [0.3, 0.4) is 0 Å². The van der Waals surface area contributed by atoms with E-state index in [4.69, 9.17) is 4.74 Å². The minimum Gasteiger partial charge on any atom is -0.459 e. The molecule has 0 aromatic carbocycles. The van der Waals surface area contributed by atoms with E-state index >= 15 is 0 Å². The average molecular weight is 280 g/mol. The molecule has 0 atom stereocenters. The smallest absolute Gasteiger partial charge is 0.340 e. The standard InChI is InChI=1S/C15H24N2O3/c1-6-7-8-16-14(18)13-10(4)12(11(5)17-13)15(19)20-9(2)3/h9,17H,6-8H2,1-5H3,(H,16,18). The molecule has 1 rings (SSSR count). The van der Waals surface area contributed by atoms with Gasteiger partial charge in [-0.1, -0.05) is 13.3 Å². The van der Waals surface area contributed by atoms with Crippen molar-refractivity contribution in [2.24, 2.45) is 0 Å². The van der Waals surface area contributed by atoms with Gasteiger partial charge in [-0.15, -0.1) is 0 Å². The molecule has 0 radical (unpaired) electrons. The summed E-state index contributed by atoms with van der Waals surface area (Å²) < 4.78 is 5.20. The molecule has 2 N–H and O–H groups in total. The molecule has 5 nitrogen and oxygen atoms in total. The predicted octanol–water partition coefficient (Wildman–Crippen LogP) is 2.73. The fourth-order valence-electron chi connectivity index (χ4n) is 2.02. The third kappa shape index (κ3) is 3.85. The molecule has 0 aliphatic carbocycles. The number of amides is 1. The largest absolute Gasteiger partial charge is 0.459 e. The first kappa shape index (κ1) is 16.3. The lowest BCUT2D eigenvalue weighted by Crippen LogP contribution is -2.25. The van der Waals surface area contributed by atoms with Gasteiger partial charge < -0.3 is 15.0 Å². The third-order valence-electron chi connectivity index (χ3n) is 3.03. The SMILES string of the molecule is CCCCNC(=O)c1[nH]c(C)c(C(=O)OC(C)C)c1C. The molecule has 5 heteroatoms. The Morgan fingerprint density at radius 1 is 1.30 bits per heavy atom. The maximum atomic E-state index is 12.1. The van der Waals surface area contributed by atoms with E-state index in [1.54, 1.807) is 27.7 Å². The number of esters is 1. The summed E-state index contributed by atoms with van der Waals surface area (Å²) in [4.78, 5) is 27.1. The van der Waals surface area contributed by atoms with Crippen molar-refractivity contribution in [1.29, 1.82) is 0 Å². The number of aromatic nitrogens is 1. The highest BCUT2D eigenvalue weighted by Crippen LogP contribution is 2.19. The van der Waals surface area contributed by atoms with Crippen molar-refractivity contribution >= 4 is 11.9 Å². The lowest BCUT2D eigenvalue weighted by Gasteiger charge is -2.08. The maximum absolute atomic E-state index is 12.1. The number of carbonyl (C=O) groups is 2. The summed E-state index contributed by atoms with van der Waals surface area (Å²) in [7, 11) is 0. The Morgan fingerprint density at radius 3 is 2.50 bits per heavy atom. The van der Waals surface area contributed by atoms with Crippen LogP contribution in [0, 0.1) is 13.8 Å². The van der Waals surface area contributed by atoms with Crippen LogP contribution in [0.25, 0.3) is 0 Å². The van der Waals surface area contributed by atoms with Crippen molar-refractivity contribution in [2.75, 3.05) is 6.54 Å². The van der Waals surface area contributed by atoms with E-state index < -0.39 is 0 Å². The van der Waals surface area contributed by atoms with Crippen LogP contribution < -0.4 is 5.32 Å². The summed E-state index contributed by atoms with van der Waals surface area (Å²) >= 11 is 0. The summed E-state index contributed by atoms with van der Waals surface area (Å²) in [5, 5.41) is 2.84. The molecular formula is C15H24N2O3. The molecule has 1 heterocycles. The number of nitrogens with one attached hydrogen (secondary N) is 2. The molecule has 0 saturated heterocycles. The highest BCUT2D eigenvalue weighted by molar-refractivity contribution is 6.00. The molecule has 0 aliphatic rings. The molecule has 0 unspecified atom stereocenters. The molecule has 1 amide bonds. The van der Waals surface area contributed by atoms with Gasteiger partial charge in [-0.2, -0.15) is 0 Å². The lowest BCUT2D eigenvalue weighted by atomic mass is 10.1. The number of rotatable bonds is 6. The van der Waals surface area contributed by atoms with Gasteiger partial charge in [0.2, 0.25) is 0 Å². The summed E-state index contributed by atoms with van der Waals surface area (Å²) in [6.45, 7) is 9.83. The molecule has 0 fully saturated rings. The Kier molecular flexibility index (Phi) is 5.80. The number of ether oxygens (including phenoxy) is 1. The van der Waals surface area contributed by atoms with Crippen molar-refractivity contribution in [3.8, 4) is 0 Å². The van der Waals surface area contributed by atoms with Gasteiger partial charge in [0.15, 0.2) is 0 Å². The zero-order valence-electron chi connectivity index (χ0n) is 12.9. The van der Waals surface area contributed by atoms with Crippen LogP contribution in [0.5, 0.6) is 0 Å². The maximum Gasteiger partial charge on any atom is 0.340 e. The number of hydrogen-bond donors (Lipinski definition) is 2. The van der Waals surface area contributed by atoms with Gasteiger partial charge in [-0.3, -0.25) is 4.79 Å². The fraction of sp³-hybridized carbons (Fsp3) is 0.600. The van der Waals surface area contributed by atoms with Crippen molar-refractivity contribution < 1.29 is 14.3 Å². The number of aromatic amines is 1. The van der Waals surface area contributed by atoms with Gasteiger partial charge in [-0.25, -0.2) is 4.79 Å². The molecule has 112 valence electrons. The zero-order chi connectivity index (χ0) is 15.3. The van der Waals surface area contributed by atoms with Crippen molar-refractivity contribution in [3.05, 3.63) is 22.5 Å². The monoisotopic (exact) mass is 280 g/mol. The second-order valence-corrected chi connectivity index (χ2v) is 5.19. The Balaban J connectivity index is 2.91. The summed E-state index contributed by atoms with van der Waals surface area (Å²) in [5.74, 6) is -0.568. The normalized spacial score (nSPS) is 10.7. The predicted molar refractivity (Wildman–Crippen MR) is 78.1 cm³/mol. The average Bonchev–Trinajstić information content (AvgIpc) is 2.64. The molecule has 0 saturated carbocycles. The van der Waals surface area contributed by atoms with Crippen LogP contribution >= 0.6 is 0 Å². The Labute approximate surface area is 120 Å². The van der Waals surface area contributed by atoms with E-state index in [0.29, 0.717) is 29.1 Å². The van der Waals surface area contributed by atoms with E-state index in [9.17, 15) is 9.59 Å². The van der Waals surface area contributed by atoms with E-state index in [2.05, 4.69) is 17.2 Å². The van der Waals surface area contributed by atoms with E-state index in [1.807, 2.05) is 0 Å². The fourth-order valence-corrected chi connectivity index (χ4v) is 2.02. The molecule has 0 spiro atoms. The first-order valence-electron chi connectivity index (χ1n) is 7.06. The summed E-state index contributed by atoms with van der Waals surface area (Å²) in [6.07, 6.45) is 1.78. The number of hydrogen-bond acceptors (Lipinski definition) is 3. The van der Waals surface area contributed by atoms with Crippen LogP contribution in [0.1, 0.15) is 65.7 Å². The van der Waals surface area contributed by atoms with Gasteiger partial charge >= 0.3 is 5.97 Å². The van der Waals surface area contributed by atoms with Crippen LogP contribution in [-0.4, -0.2) is 29.5 Å². The van der Waals surface area contributed by atoms with Crippen LogP contribution in [-0.2, 0) is 4.74 Å². The van der Waals surface area contributed by atoms with Crippen molar-refractivity contribution in [3.63, 3.8) is 0 Å². The first-order valence-corrected chi connectivity index (χ1v) is 7.06. The second kappa shape index (κ2) is 7.12. The van der Waals surface area contributed by atoms with Gasteiger partial charge in [0.25, 0.3) is 5.91 Å². The highest BCUT2D eigenvalue weighted by atomic mass is 16.5. The van der Waals surface area contributed by atoms with Gasteiger partial charge in [0.05, 0.1) is 11.7 Å². The Morgan fingerprint density at radius 2 is 1.95 bits per heavy atom. The van der Waals surface area contributed by atoms with Gasteiger partial charge in [0, 0.05) is 12.2 Å². The van der Waals surface area contributed by atoms with Gasteiger partial charge in [0.1, 0.15) is 5.69 Å². The number of H-pyrrole nitrogens is 1.